The molecule has 0 radical (unpaired) electrons. The average molecular weight is 303 g/mol. The van der Waals surface area contributed by atoms with Crippen molar-refractivity contribution in [3.63, 3.8) is 0 Å². The molecule has 0 saturated heterocycles. The third-order valence-electron chi connectivity index (χ3n) is 4.21. The van der Waals surface area contributed by atoms with E-state index in [0.29, 0.717) is 19.1 Å². The fourth-order valence-electron chi connectivity index (χ4n) is 2.66. The van der Waals surface area contributed by atoms with Gasteiger partial charge in [-0.25, -0.2) is 4.79 Å². The lowest BCUT2D eigenvalue weighted by Crippen LogP contribution is -2.39. The smallest absolute Gasteiger partial charge is 0.330 e. The Morgan fingerprint density at radius 1 is 1.18 bits per heavy atom. The van der Waals surface area contributed by atoms with Crippen LogP contribution in [0.3, 0.4) is 0 Å². The second-order valence-electron chi connectivity index (χ2n) is 6.02. The molecule has 6 heteroatoms. The number of nitrogens with zero attached hydrogens (tertiary/aromatic N) is 3. The number of rotatable bonds is 5. The molecule has 2 aromatic heterocycles. The van der Waals surface area contributed by atoms with Crippen molar-refractivity contribution >= 4 is 0 Å². The van der Waals surface area contributed by atoms with Gasteiger partial charge in [-0.3, -0.25) is 18.8 Å². The highest BCUT2D eigenvalue weighted by molar-refractivity contribution is 5.08. The summed E-state index contributed by atoms with van der Waals surface area (Å²) in [5.74, 6) is 1.81. The summed E-state index contributed by atoms with van der Waals surface area (Å²) in [6.07, 6.45) is 2.30. The van der Waals surface area contributed by atoms with Gasteiger partial charge in [-0.1, -0.05) is 0 Å². The van der Waals surface area contributed by atoms with Crippen molar-refractivity contribution in [2.24, 2.45) is 14.1 Å². The highest BCUT2D eigenvalue weighted by atomic mass is 16.3. The molecule has 1 saturated carbocycles. The second kappa shape index (κ2) is 5.61. The van der Waals surface area contributed by atoms with Crippen LogP contribution in [-0.4, -0.2) is 20.1 Å². The van der Waals surface area contributed by atoms with Gasteiger partial charge in [0.05, 0.1) is 6.54 Å². The summed E-state index contributed by atoms with van der Waals surface area (Å²) in [4.78, 5) is 26.2. The standard InChI is InChI=1S/C16H21N3O3/c1-11-4-7-14(22-11)10-19(12-5-6-12)9-13-8-15(20)18(3)16(21)17(13)2/h4,7-8,12H,5-6,9-10H2,1-3H3. The van der Waals surface area contributed by atoms with E-state index in [1.807, 2.05) is 19.1 Å². The van der Waals surface area contributed by atoms with Crippen molar-refractivity contribution in [3.8, 4) is 0 Å². The van der Waals surface area contributed by atoms with E-state index in [-0.39, 0.29) is 11.2 Å². The first kappa shape index (κ1) is 14.8. The van der Waals surface area contributed by atoms with Gasteiger partial charge in [-0.2, -0.15) is 0 Å². The van der Waals surface area contributed by atoms with Crippen LogP contribution in [0.4, 0.5) is 0 Å². The van der Waals surface area contributed by atoms with E-state index in [2.05, 4.69) is 4.90 Å². The highest BCUT2D eigenvalue weighted by Crippen LogP contribution is 2.29. The van der Waals surface area contributed by atoms with Crippen molar-refractivity contribution in [2.45, 2.75) is 38.9 Å². The molecule has 0 N–H and O–H groups in total. The van der Waals surface area contributed by atoms with Gasteiger partial charge in [0.1, 0.15) is 11.5 Å². The molecule has 0 aliphatic heterocycles. The van der Waals surface area contributed by atoms with E-state index in [0.717, 1.165) is 34.6 Å². The molecular weight excluding hydrogens is 282 g/mol. The summed E-state index contributed by atoms with van der Waals surface area (Å²) < 4.78 is 8.32. The first-order valence-corrected chi connectivity index (χ1v) is 7.51. The molecule has 3 rings (SSSR count). The normalized spacial score (nSPS) is 14.7. The third-order valence-corrected chi connectivity index (χ3v) is 4.21. The molecule has 6 nitrogen and oxygen atoms in total. The van der Waals surface area contributed by atoms with E-state index in [4.69, 9.17) is 4.42 Å². The van der Waals surface area contributed by atoms with E-state index < -0.39 is 0 Å². The van der Waals surface area contributed by atoms with Crippen LogP contribution in [0.2, 0.25) is 0 Å². The Hall–Kier alpha value is -2.08. The quantitative estimate of drug-likeness (QED) is 0.831. The topological polar surface area (TPSA) is 60.4 Å². The van der Waals surface area contributed by atoms with Crippen LogP contribution in [0.1, 0.15) is 30.1 Å². The molecule has 0 spiro atoms. The lowest BCUT2D eigenvalue weighted by Gasteiger charge is -2.22. The highest BCUT2D eigenvalue weighted by Gasteiger charge is 2.30. The number of aromatic nitrogens is 2. The minimum absolute atomic E-state index is 0.261. The molecule has 1 aliphatic carbocycles. The first-order chi connectivity index (χ1) is 10.5. The van der Waals surface area contributed by atoms with Gasteiger partial charge < -0.3 is 4.42 Å². The molecule has 0 amide bonds. The van der Waals surface area contributed by atoms with Crippen LogP contribution in [0, 0.1) is 6.92 Å². The van der Waals surface area contributed by atoms with Crippen LogP contribution in [0.15, 0.2) is 32.2 Å². The molecule has 0 aromatic carbocycles. The fraction of sp³-hybridized carbons (Fsp3) is 0.500. The maximum atomic E-state index is 12.0. The van der Waals surface area contributed by atoms with Gasteiger partial charge in [0, 0.05) is 38.4 Å². The molecule has 22 heavy (non-hydrogen) atoms. The Bertz CT molecular complexity index is 796. The van der Waals surface area contributed by atoms with Crippen molar-refractivity contribution in [3.05, 3.63) is 56.3 Å². The molecule has 2 heterocycles. The van der Waals surface area contributed by atoms with E-state index >= 15 is 0 Å². The van der Waals surface area contributed by atoms with Crippen LogP contribution >= 0.6 is 0 Å². The Kier molecular flexibility index (Phi) is 3.78. The van der Waals surface area contributed by atoms with E-state index in [9.17, 15) is 9.59 Å². The van der Waals surface area contributed by atoms with Crippen molar-refractivity contribution < 1.29 is 4.42 Å². The van der Waals surface area contributed by atoms with Crippen molar-refractivity contribution in [1.29, 1.82) is 0 Å². The second-order valence-corrected chi connectivity index (χ2v) is 6.02. The average Bonchev–Trinajstić information content (AvgIpc) is 3.25. The maximum absolute atomic E-state index is 12.0. The van der Waals surface area contributed by atoms with Crippen LogP contribution in [0.5, 0.6) is 0 Å². The lowest BCUT2D eigenvalue weighted by molar-refractivity contribution is 0.218. The SMILES string of the molecule is Cc1ccc(CN(Cc2cc(=O)n(C)c(=O)n2C)C2CC2)o1. The van der Waals surface area contributed by atoms with E-state index in [1.54, 1.807) is 17.7 Å². The summed E-state index contributed by atoms with van der Waals surface area (Å²) in [5, 5.41) is 0. The number of aryl methyl sites for hydroxylation is 1. The zero-order valence-electron chi connectivity index (χ0n) is 13.2. The van der Waals surface area contributed by atoms with Crippen LogP contribution < -0.4 is 11.2 Å². The van der Waals surface area contributed by atoms with Crippen LogP contribution in [0.25, 0.3) is 0 Å². The van der Waals surface area contributed by atoms with Crippen molar-refractivity contribution in [1.82, 2.24) is 14.0 Å². The Labute approximate surface area is 128 Å². The Morgan fingerprint density at radius 2 is 1.91 bits per heavy atom. The Morgan fingerprint density at radius 3 is 2.50 bits per heavy atom. The van der Waals surface area contributed by atoms with Crippen LogP contribution in [-0.2, 0) is 27.2 Å². The molecule has 0 unspecified atom stereocenters. The van der Waals surface area contributed by atoms with Gasteiger partial charge in [-0.05, 0) is 31.9 Å². The largest absolute Gasteiger partial charge is 0.465 e. The summed E-state index contributed by atoms with van der Waals surface area (Å²) in [6.45, 7) is 3.20. The predicted molar refractivity (Wildman–Crippen MR) is 82.6 cm³/mol. The summed E-state index contributed by atoms with van der Waals surface area (Å²) in [6, 6.07) is 5.98. The fourth-order valence-corrected chi connectivity index (χ4v) is 2.66. The molecule has 0 atom stereocenters. The first-order valence-electron chi connectivity index (χ1n) is 7.51. The minimum atomic E-state index is -0.285. The number of furan rings is 1. The summed E-state index contributed by atoms with van der Waals surface area (Å²) >= 11 is 0. The third kappa shape index (κ3) is 2.92. The zero-order chi connectivity index (χ0) is 15.9. The summed E-state index contributed by atoms with van der Waals surface area (Å²) in [7, 11) is 3.21. The molecule has 0 bridgehead atoms. The zero-order valence-corrected chi connectivity index (χ0v) is 13.2. The molecular formula is C16H21N3O3. The molecule has 2 aromatic rings. The number of hydrogen-bond acceptors (Lipinski definition) is 4. The van der Waals surface area contributed by atoms with Gasteiger partial charge in [0.15, 0.2) is 0 Å². The van der Waals surface area contributed by atoms with Gasteiger partial charge in [0.2, 0.25) is 0 Å². The van der Waals surface area contributed by atoms with Gasteiger partial charge in [-0.15, -0.1) is 0 Å². The monoisotopic (exact) mass is 303 g/mol. The van der Waals surface area contributed by atoms with Gasteiger partial charge in [0.25, 0.3) is 5.56 Å². The predicted octanol–water partition coefficient (Wildman–Crippen LogP) is 1.15. The Balaban J connectivity index is 1.86. The lowest BCUT2D eigenvalue weighted by atomic mass is 10.3. The van der Waals surface area contributed by atoms with Gasteiger partial charge >= 0.3 is 5.69 Å². The van der Waals surface area contributed by atoms with E-state index in [1.165, 1.54) is 7.05 Å². The maximum Gasteiger partial charge on any atom is 0.330 e. The molecule has 118 valence electrons. The summed E-state index contributed by atoms with van der Waals surface area (Å²) in [5.41, 5.74) is 0.193. The number of hydrogen-bond donors (Lipinski definition) is 0. The molecule has 1 fully saturated rings. The minimum Gasteiger partial charge on any atom is -0.465 e. The molecule has 1 aliphatic rings. The van der Waals surface area contributed by atoms with Crippen molar-refractivity contribution in [2.75, 3.05) is 0 Å².